The number of aryl methyl sites for hydroxylation is 1. The van der Waals surface area contributed by atoms with Gasteiger partial charge < -0.3 is 0 Å². The van der Waals surface area contributed by atoms with Crippen LogP contribution in [0.5, 0.6) is 0 Å². The van der Waals surface area contributed by atoms with Crippen molar-refractivity contribution in [3.63, 3.8) is 0 Å². The number of amidine groups is 1. The molecule has 1 aromatic heterocycles. The van der Waals surface area contributed by atoms with Crippen LogP contribution in [0.4, 0.5) is 5.82 Å². The highest BCUT2D eigenvalue weighted by Crippen LogP contribution is 2.09. The smallest absolute Gasteiger partial charge is 0.156 e. The van der Waals surface area contributed by atoms with Gasteiger partial charge in [-0.25, -0.2) is 4.98 Å². The van der Waals surface area contributed by atoms with Crippen molar-refractivity contribution >= 4 is 11.7 Å². The molecular weight excluding hydrogens is 176 g/mol. The first kappa shape index (κ1) is 10.4. The summed E-state index contributed by atoms with van der Waals surface area (Å²) < 4.78 is 0. The SMILES string of the molecule is C=CN(C(C)=NC)c1cnc(C)cn1. The minimum Gasteiger partial charge on any atom is -0.289 e. The van der Waals surface area contributed by atoms with E-state index in [1.54, 1.807) is 30.5 Å². The van der Waals surface area contributed by atoms with E-state index in [2.05, 4.69) is 21.5 Å². The van der Waals surface area contributed by atoms with Crippen molar-refractivity contribution < 1.29 is 0 Å². The molecule has 0 spiro atoms. The maximum atomic E-state index is 4.23. The summed E-state index contributed by atoms with van der Waals surface area (Å²) in [6.45, 7) is 7.50. The van der Waals surface area contributed by atoms with E-state index < -0.39 is 0 Å². The van der Waals surface area contributed by atoms with E-state index in [-0.39, 0.29) is 0 Å². The van der Waals surface area contributed by atoms with Gasteiger partial charge in [0.1, 0.15) is 5.84 Å². The summed E-state index contributed by atoms with van der Waals surface area (Å²) >= 11 is 0. The molecule has 1 rings (SSSR count). The van der Waals surface area contributed by atoms with E-state index in [9.17, 15) is 0 Å². The van der Waals surface area contributed by atoms with Crippen LogP contribution in [0.2, 0.25) is 0 Å². The largest absolute Gasteiger partial charge is 0.289 e. The van der Waals surface area contributed by atoms with Gasteiger partial charge in [0.15, 0.2) is 5.82 Å². The van der Waals surface area contributed by atoms with Crippen LogP contribution in [0.15, 0.2) is 30.2 Å². The zero-order chi connectivity index (χ0) is 10.6. The summed E-state index contributed by atoms with van der Waals surface area (Å²) in [6.07, 6.45) is 5.09. The third-order valence-electron chi connectivity index (χ3n) is 1.87. The third kappa shape index (κ3) is 2.16. The molecule has 0 aliphatic heterocycles. The van der Waals surface area contributed by atoms with Gasteiger partial charge in [-0.2, -0.15) is 0 Å². The first-order valence-corrected chi connectivity index (χ1v) is 4.33. The van der Waals surface area contributed by atoms with E-state index in [0.717, 1.165) is 17.3 Å². The number of hydrogen-bond acceptors (Lipinski definition) is 3. The molecule has 0 aliphatic rings. The number of hydrogen-bond donors (Lipinski definition) is 0. The van der Waals surface area contributed by atoms with Gasteiger partial charge in [0.25, 0.3) is 0 Å². The van der Waals surface area contributed by atoms with Gasteiger partial charge in [-0.1, -0.05) is 6.58 Å². The lowest BCUT2D eigenvalue weighted by Crippen LogP contribution is -2.23. The molecule has 0 amide bonds. The Kier molecular flexibility index (Phi) is 3.34. The fourth-order valence-corrected chi connectivity index (χ4v) is 1.01. The molecule has 1 heterocycles. The lowest BCUT2D eigenvalue weighted by molar-refractivity contribution is 1.08. The molecule has 0 bridgehead atoms. The Hall–Kier alpha value is -1.71. The van der Waals surface area contributed by atoms with Gasteiger partial charge in [0, 0.05) is 13.2 Å². The summed E-state index contributed by atoms with van der Waals surface area (Å²) in [5, 5.41) is 0. The van der Waals surface area contributed by atoms with Crippen LogP contribution in [0, 0.1) is 6.92 Å². The quantitative estimate of drug-likeness (QED) is 0.527. The predicted molar refractivity (Wildman–Crippen MR) is 58.5 cm³/mol. The van der Waals surface area contributed by atoms with Gasteiger partial charge in [-0.3, -0.25) is 14.9 Å². The average molecular weight is 190 g/mol. The number of nitrogens with zero attached hydrogens (tertiary/aromatic N) is 4. The molecule has 0 saturated heterocycles. The lowest BCUT2D eigenvalue weighted by atomic mass is 10.4. The summed E-state index contributed by atoms with van der Waals surface area (Å²) in [5.41, 5.74) is 0.892. The summed E-state index contributed by atoms with van der Waals surface area (Å²) in [4.78, 5) is 14.2. The van der Waals surface area contributed by atoms with Gasteiger partial charge in [-0.15, -0.1) is 0 Å². The maximum absolute atomic E-state index is 4.23. The first-order chi connectivity index (χ1) is 6.69. The molecule has 0 radical (unpaired) electrons. The van der Waals surface area contributed by atoms with Crippen molar-refractivity contribution in [2.24, 2.45) is 4.99 Å². The van der Waals surface area contributed by atoms with E-state index in [4.69, 9.17) is 0 Å². The van der Waals surface area contributed by atoms with Crippen LogP contribution in [0.3, 0.4) is 0 Å². The molecule has 0 N–H and O–H groups in total. The Morgan fingerprint density at radius 1 is 1.50 bits per heavy atom. The van der Waals surface area contributed by atoms with Crippen molar-refractivity contribution in [1.82, 2.24) is 9.97 Å². The van der Waals surface area contributed by atoms with Crippen molar-refractivity contribution in [1.29, 1.82) is 0 Å². The Labute approximate surface area is 84.0 Å². The van der Waals surface area contributed by atoms with Crippen molar-refractivity contribution in [3.8, 4) is 0 Å². The minimum absolute atomic E-state index is 0.730. The predicted octanol–water partition coefficient (Wildman–Crippen LogP) is 1.78. The molecule has 0 saturated carbocycles. The molecule has 0 unspecified atom stereocenters. The van der Waals surface area contributed by atoms with Crippen LogP contribution in [-0.2, 0) is 0 Å². The second-order valence-electron chi connectivity index (χ2n) is 2.84. The van der Waals surface area contributed by atoms with Gasteiger partial charge in [0.05, 0.1) is 18.1 Å². The monoisotopic (exact) mass is 190 g/mol. The highest BCUT2D eigenvalue weighted by Gasteiger charge is 2.06. The fourth-order valence-electron chi connectivity index (χ4n) is 1.01. The van der Waals surface area contributed by atoms with E-state index in [1.165, 1.54) is 0 Å². The number of rotatable bonds is 2. The van der Waals surface area contributed by atoms with Crippen LogP contribution in [0.25, 0.3) is 0 Å². The van der Waals surface area contributed by atoms with E-state index in [1.807, 2.05) is 13.8 Å². The van der Waals surface area contributed by atoms with Crippen molar-refractivity contribution in [2.45, 2.75) is 13.8 Å². The lowest BCUT2D eigenvalue weighted by Gasteiger charge is -2.17. The van der Waals surface area contributed by atoms with Crippen LogP contribution in [-0.4, -0.2) is 22.9 Å². The zero-order valence-electron chi connectivity index (χ0n) is 8.73. The Morgan fingerprint density at radius 3 is 2.64 bits per heavy atom. The highest BCUT2D eigenvalue weighted by molar-refractivity contribution is 5.96. The van der Waals surface area contributed by atoms with Crippen LogP contribution >= 0.6 is 0 Å². The van der Waals surface area contributed by atoms with Gasteiger partial charge in [-0.05, 0) is 13.8 Å². The van der Waals surface area contributed by atoms with Crippen LogP contribution < -0.4 is 4.90 Å². The summed E-state index contributed by atoms with van der Waals surface area (Å²) in [5.74, 6) is 1.56. The number of aliphatic imine (C=N–C) groups is 1. The minimum atomic E-state index is 0.730. The first-order valence-electron chi connectivity index (χ1n) is 4.33. The summed E-state index contributed by atoms with van der Waals surface area (Å²) in [7, 11) is 1.73. The fraction of sp³-hybridized carbons (Fsp3) is 0.300. The third-order valence-corrected chi connectivity index (χ3v) is 1.87. The molecule has 74 valence electrons. The van der Waals surface area contributed by atoms with E-state index >= 15 is 0 Å². The number of aromatic nitrogens is 2. The molecule has 14 heavy (non-hydrogen) atoms. The van der Waals surface area contributed by atoms with Crippen LogP contribution in [0.1, 0.15) is 12.6 Å². The molecule has 1 aromatic rings. The molecule has 0 atom stereocenters. The Balaban J connectivity index is 3.01. The molecule has 0 fully saturated rings. The standard InChI is InChI=1S/C10H14N4/c1-5-14(9(3)11-4)10-7-12-8(2)6-13-10/h5-7H,1H2,2-4H3. The molecule has 0 aromatic carbocycles. The zero-order valence-corrected chi connectivity index (χ0v) is 8.73. The highest BCUT2D eigenvalue weighted by atomic mass is 15.2. The topological polar surface area (TPSA) is 41.4 Å². The van der Waals surface area contributed by atoms with Crippen molar-refractivity contribution in [3.05, 3.63) is 30.9 Å². The molecule has 4 nitrogen and oxygen atoms in total. The Bertz CT molecular complexity index is 340. The second kappa shape index (κ2) is 4.50. The number of anilines is 1. The maximum Gasteiger partial charge on any atom is 0.156 e. The average Bonchev–Trinajstić information content (AvgIpc) is 2.21. The van der Waals surface area contributed by atoms with E-state index in [0.29, 0.717) is 0 Å². The molecular formula is C10H14N4. The molecule has 0 aliphatic carbocycles. The second-order valence-corrected chi connectivity index (χ2v) is 2.84. The molecule has 4 heteroatoms. The normalized spacial score (nSPS) is 11.2. The van der Waals surface area contributed by atoms with Crippen molar-refractivity contribution in [2.75, 3.05) is 11.9 Å². The summed E-state index contributed by atoms with van der Waals surface area (Å²) in [6, 6.07) is 0. The Morgan fingerprint density at radius 2 is 2.21 bits per heavy atom. The van der Waals surface area contributed by atoms with Gasteiger partial charge in [0.2, 0.25) is 0 Å². The van der Waals surface area contributed by atoms with Gasteiger partial charge >= 0.3 is 0 Å².